The van der Waals surface area contributed by atoms with Crippen LogP contribution in [0.4, 0.5) is 22.0 Å². The van der Waals surface area contributed by atoms with E-state index in [2.05, 4.69) is 0 Å². The van der Waals surface area contributed by atoms with E-state index < -0.39 is 51.8 Å². The minimum absolute atomic E-state index is 0.0412. The molecule has 0 saturated carbocycles. The summed E-state index contributed by atoms with van der Waals surface area (Å²) in [4.78, 5) is 12.1. The molecule has 0 aromatic heterocycles. The molecule has 3 aromatic rings. The van der Waals surface area contributed by atoms with Gasteiger partial charge in [-0.25, -0.2) is 8.78 Å². The fourth-order valence-corrected chi connectivity index (χ4v) is 3.72. The lowest BCUT2D eigenvalue weighted by atomic mass is 9.84. The van der Waals surface area contributed by atoms with Crippen molar-refractivity contribution >= 4 is 17.6 Å². The number of carboxylic acid groups (broad SMARTS) is 1. The average Bonchev–Trinajstić information content (AvgIpc) is 2.75. The van der Waals surface area contributed by atoms with Crippen LogP contribution in [-0.4, -0.2) is 11.1 Å². The number of alkyl halides is 3. The second-order valence-electron chi connectivity index (χ2n) is 8.12. The molecule has 0 bridgehead atoms. The Morgan fingerprint density at radius 2 is 1.62 bits per heavy atom. The molecule has 0 radical (unpaired) electrons. The molecule has 1 N–H and O–H groups in total. The Balaban J connectivity index is 2.28. The van der Waals surface area contributed by atoms with Gasteiger partial charge in [0.25, 0.3) is 0 Å². The van der Waals surface area contributed by atoms with E-state index in [1.54, 1.807) is 44.2 Å². The van der Waals surface area contributed by atoms with Gasteiger partial charge in [-0.3, -0.25) is 4.79 Å². The van der Waals surface area contributed by atoms with E-state index in [1.165, 1.54) is 0 Å². The van der Waals surface area contributed by atoms with Crippen LogP contribution in [-0.2, 0) is 11.0 Å². The van der Waals surface area contributed by atoms with Crippen molar-refractivity contribution in [3.63, 3.8) is 0 Å². The molecular weight excluding hydrogens is 479 g/mol. The molecule has 0 spiro atoms. The summed E-state index contributed by atoms with van der Waals surface area (Å²) in [5, 5.41) is 9.01. The Bertz CT molecular complexity index is 1170. The van der Waals surface area contributed by atoms with Crippen LogP contribution in [0.1, 0.15) is 37.3 Å². The van der Waals surface area contributed by atoms with Gasteiger partial charge in [-0.05, 0) is 41.2 Å². The molecule has 0 saturated heterocycles. The molecule has 1 unspecified atom stereocenters. The molecule has 0 heterocycles. The third-order valence-corrected chi connectivity index (χ3v) is 5.47. The fourth-order valence-electron chi connectivity index (χ4n) is 3.61. The minimum Gasteiger partial charge on any atom is -0.481 e. The van der Waals surface area contributed by atoms with Gasteiger partial charge in [0.05, 0.1) is 11.5 Å². The Morgan fingerprint density at radius 1 is 1.03 bits per heavy atom. The lowest BCUT2D eigenvalue weighted by molar-refractivity contribution is -0.140. The van der Waals surface area contributed by atoms with Crippen molar-refractivity contribution in [1.82, 2.24) is 0 Å². The van der Waals surface area contributed by atoms with E-state index in [0.29, 0.717) is 17.7 Å². The van der Waals surface area contributed by atoms with E-state index in [9.17, 15) is 31.9 Å². The molecule has 0 aliphatic heterocycles. The number of ether oxygens (including phenoxy) is 1. The average molecular weight is 499 g/mol. The predicted octanol–water partition coefficient (Wildman–Crippen LogP) is 8.31. The van der Waals surface area contributed by atoms with Crippen LogP contribution >= 0.6 is 11.6 Å². The zero-order chi connectivity index (χ0) is 25.2. The summed E-state index contributed by atoms with van der Waals surface area (Å²) in [6.45, 7) is 3.54. The summed E-state index contributed by atoms with van der Waals surface area (Å²) < 4.78 is 75.1. The highest BCUT2D eigenvalue weighted by Crippen LogP contribution is 2.45. The number of carbonyl (C=O) groups is 1. The normalized spacial score (nSPS) is 12.6. The lowest BCUT2D eigenvalue weighted by Crippen LogP contribution is -2.17. The topological polar surface area (TPSA) is 46.5 Å². The third kappa shape index (κ3) is 5.67. The summed E-state index contributed by atoms with van der Waals surface area (Å²) in [5.41, 5.74) is -0.653. The minimum atomic E-state index is -4.94. The molecule has 3 aromatic carbocycles. The monoisotopic (exact) mass is 498 g/mol. The molecule has 1 atom stereocenters. The van der Waals surface area contributed by atoms with Crippen molar-refractivity contribution in [2.45, 2.75) is 32.4 Å². The number of aliphatic carboxylic acids is 1. The van der Waals surface area contributed by atoms with Crippen molar-refractivity contribution in [2.75, 3.05) is 0 Å². The van der Waals surface area contributed by atoms with Crippen LogP contribution < -0.4 is 4.74 Å². The second-order valence-corrected chi connectivity index (χ2v) is 8.50. The van der Waals surface area contributed by atoms with E-state index >= 15 is 0 Å². The van der Waals surface area contributed by atoms with Crippen molar-refractivity contribution in [3.8, 4) is 22.6 Å². The van der Waals surface area contributed by atoms with Crippen LogP contribution in [0.15, 0.2) is 54.6 Å². The van der Waals surface area contributed by atoms with Crippen LogP contribution in [0.3, 0.4) is 0 Å². The summed E-state index contributed by atoms with van der Waals surface area (Å²) >= 11 is 5.45. The van der Waals surface area contributed by atoms with Crippen LogP contribution in [0.25, 0.3) is 11.1 Å². The highest BCUT2D eigenvalue weighted by atomic mass is 35.5. The highest BCUT2D eigenvalue weighted by molar-refractivity contribution is 6.30. The van der Waals surface area contributed by atoms with Crippen molar-refractivity contribution in [1.29, 1.82) is 0 Å². The van der Waals surface area contributed by atoms with E-state index in [4.69, 9.17) is 16.3 Å². The zero-order valence-electron chi connectivity index (χ0n) is 18.1. The lowest BCUT2D eigenvalue weighted by Gasteiger charge is -2.23. The molecule has 3 nitrogen and oxygen atoms in total. The Morgan fingerprint density at radius 3 is 2.12 bits per heavy atom. The van der Waals surface area contributed by atoms with E-state index in [0.717, 1.165) is 12.1 Å². The molecule has 0 fully saturated rings. The molecule has 0 amide bonds. The Labute approximate surface area is 197 Å². The largest absolute Gasteiger partial charge is 0.481 e. The maximum Gasteiger partial charge on any atom is 0.419 e. The third-order valence-electron chi connectivity index (χ3n) is 5.11. The van der Waals surface area contributed by atoms with Gasteiger partial charge in [0.2, 0.25) is 0 Å². The summed E-state index contributed by atoms with van der Waals surface area (Å²) in [6.07, 6.45) is -4.84. The summed E-state index contributed by atoms with van der Waals surface area (Å²) in [5.74, 6) is -6.28. The van der Waals surface area contributed by atoms with Gasteiger partial charge in [0, 0.05) is 12.1 Å². The maximum absolute atomic E-state index is 14.0. The number of rotatable bonds is 7. The SMILES string of the molecule is CC(C)CC(C(=O)O)c1cc(C(F)(F)F)c(Oc2cc(F)c(Cl)c(F)c2)cc1-c1ccccc1. The summed E-state index contributed by atoms with van der Waals surface area (Å²) in [6, 6.07) is 11.4. The highest BCUT2D eigenvalue weighted by Gasteiger charge is 2.37. The van der Waals surface area contributed by atoms with Gasteiger partial charge >= 0.3 is 12.1 Å². The first kappa shape index (κ1) is 25.5. The number of hydrogen-bond acceptors (Lipinski definition) is 2. The molecule has 0 aliphatic rings. The maximum atomic E-state index is 14.0. The quantitative estimate of drug-likeness (QED) is 0.263. The smallest absolute Gasteiger partial charge is 0.419 e. The first-order chi connectivity index (χ1) is 15.9. The van der Waals surface area contributed by atoms with Crippen LogP contribution in [0.2, 0.25) is 5.02 Å². The Hall–Kier alpha value is -3.13. The molecule has 180 valence electrons. The predicted molar refractivity (Wildman–Crippen MR) is 118 cm³/mol. The van der Waals surface area contributed by atoms with Crippen molar-refractivity contribution in [2.24, 2.45) is 5.92 Å². The molecule has 0 aliphatic carbocycles. The van der Waals surface area contributed by atoms with Gasteiger partial charge in [0.15, 0.2) is 0 Å². The first-order valence-electron chi connectivity index (χ1n) is 10.2. The fraction of sp³-hybridized carbons (Fsp3) is 0.240. The summed E-state index contributed by atoms with van der Waals surface area (Å²) in [7, 11) is 0. The van der Waals surface area contributed by atoms with Gasteiger partial charge in [-0.1, -0.05) is 55.8 Å². The number of hydrogen-bond donors (Lipinski definition) is 1. The number of benzene rings is 3. The number of halogens is 6. The standard InChI is InChI=1S/C25H20ClF5O3/c1-13(2)8-18(24(32)33)17-11-19(25(29,30)31)22(12-16(17)14-6-4-3-5-7-14)34-15-9-20(27)23(26)21(28)10-15/h3-7,9-13,18H,8H2,1-2H3,(H,32,33). The second kappa shape index (κ2) is 10.0. The van der Waals surface area contributed by atoms with E-state index in [-0.39, 0.29) is 23.5 Å². The van der Waals surface area contributed by atoms with Gasteiger partial charge in [-0.15, -0.1) is 0 Å². The molecule has 3 rings (SSSR count). The van der Waals surface area contributed by atoms with Gasteiger partial charge in [0.1, 0.15) is 28.2 Å². The Kier molecular flexibility index (Phi) is 7.51. The molecule has 9 heteroatoms. The molecular formula is C25H20ClF5O3. The van der Waals surface area contributed by atoms with Crippen molar-refractivity contribution in [3.05, 3.63) is 82.4 Å². The molecule has 34 heavy (non-hydrogen) atoms. The van der Waals surface area contributed by atoms with Crippen molar-refractivity contribution < 1.29 is 36.6 Å². The first-order valence-corrected chi connectivity index (χ1v) is 10.6. The zero-order valence-corrected chi connectivity index (χ0v) is 18.8. The van der Waals surface area contributed by atoms with Crippen LogP contribution in [0.5, 0.6) is 11.5 Å². The van der Waals surface area contributed by atoms with Gasteiger partial charge < -0.3 is 9.84 Å². The van der Waals surface area contributed by atoms with Gasteiger partial charge in [-0.2, -0.15) is 13.2 Å². The van der Waals surface area contributed by atoms with E-state index in [1.807, 2.05) is 0 Å². The van der Waals surface area contributed by atoms with Crippen LogP contribution in [0, 0.1) is 17.6 Å². The number of carboxylic acids is 1.